The lowest BCUT2D eigenvalue weighted by Gasteiger charge is -2.36. The number of benzene rings is 3. The molecule has 1 saturated heterocycles. The van der Waals surface area contributed by atoms with Gasteiger partial charge in [-0.05, 0) is 50.1 Å². The fourth-order valence-electron chi connectivity index (χ4n) is 5.40. The van der Waals surface area contributed by atoms with E-state index in [1.54, 1.807) is 6.33 Å². The largest absolute Gasteiger partial charge is 0.593 e. The van der Waals surface area contributed by atoms with Gasteiger partial charge >= 0.3 is 0 Å². The van der Waals surface area contributed by atoms with Crippen LogP contribution in [-0.4, -0.2) is 72.1 Å². The van der Waals surface area contributed by atoms with Crippen molar-refractivity contribution in [3.8, 4) is 17.1 Å². The minimum Gasteiger partial charge on any atom is -0.593 e. The maximum absolute atomic E-state index is 13.6. The molecule has 1 fully saturated rings. The molecule has 0 aliphatic carbocycles. The average molecular weight is 585 g/mol. The monoisotopic (exact) mass is 584 g/mol. The molecule has 0 saturated carbocycles. The summed E-state index contributed by atoms with van der Waals surface area (Å²) in [6.45, 7) is 10.8. The number of aromatic nitrogens is 4. The Kier molecular flexibility index (Phi) is 8.30. The van der Waals surface area contributed by atoms with Crippen LogP contribution in [-0.2, 0) is 17.9 Å². The smallest absolute Gasteiger partial charge is 0.259 e. The van der Waals surface area contributed by atoms with Crippen molar-refractivity contribution < 1.29 is 9.29 Å². The van der Waals surface area contributed by atoms with E-state index >= 15 is 0 Å². The summed E-state index contributed by atoms with van der Waals surface area (Å²) < 4.78 is 23.7. The molecule has 0 bridgehead atoms. The third-order valence-corrected chi connectivity index (χ3v) is 9.24. The van der Waals surface area contributed by atoms with Crippen LogP contribution in [0.25, 0.3) is 33.3 Å². The van der Waals surface area contributed by atoms with Crippen LogP contribution < -0.4 is 10.3 Å². The van der Waals surface area contributed by atoms with Crippen LogP contribution in [0, 0.1) is 0 Å². The quantitative estimate of drug-likeness (QED) is 0.248. The van der Waals surface area contributed by atoms with Gasteiger partial charge in [0.05, 0.1) is 64.9 Å². The number of imidazole rings is 1. The third-order valence-electron chi connectivity index (χ3n) is 7.75. The van der Waals surface area contributed by atoms with E-state index in [1.807, 2.05) is 64.3 Å². The Morgan fingerprint density at radius 3 is 2.55 bits per heavy atom. The summed E-state index contributed by atoms with van der Waals surface area (Å²) >= 11 is -1.34. The summed E-state index contributed by atoms with van der Waals surface area (Å²) in [5.41, 5.74) is 3.70. The van der Waals surface area contributed by atoms with Gasteiger partial charge in [-0.1, -0.05) is 37.3 Å². The molecule has 1 aliphatic heterocycles. The van der Waals surface area contributed by atoms with E-state index in [0.717, 1.165) is 49.2 Å². The first kappa shape index (κ1) is 28.4. The summed E-state index contributed by atoms with van der Waals surface area (Å²) in [4.78, 5) is 28.9. The molecule has 218 valence electrons. The Morgan fingerprint density at radius 2 is 1.81 bits per heavy atom. The first-order chi connectivity index (χ1) is 20.4. The van der Waals surface area contributed by atoms with Gasteiger partial charge < -0.3 is 18.8 Å². The molecule has 5 aromatic rings. The number of nitrogens with zero attached hydrogens (tertiary/aromatic N) is 5. The highest BCUT2D eigenvalue weighted by atomic mass is 32.2. The number of rotatable bonds is 9. The SMILES string of the molecule is CCCOc1ccc([S+]([O-])N2CCN(C(C)C)CC2)cc1-c1nc2cc3ncn(Cc4ccccc4)c3cc2c(=O)[nH]1. The molecular weight excluding hydrogens is 548 g/mol. The van der Waals surface area contributed by atoms with Gasteiger partial charge in [-0.2, -0.15) is 0 Å². The minimum absolute atomic E-state index is 0.248. The van der Waals surface area contributed by atoms with Gasteiger partial charge in [0.25, 0.3) is 5.56 Å². The molecule has 0 amide bonds. The van der Waals surface area contributed by atoms with Gasteiger partial charge in [0.15, 0.2) is 4.90 Å². The molecule has 1 aliphatic rings. The molecule has 1 atom stereocenters. The molecule has 1 N–H and O–H groups in total. The maximum Gasteiger partial charge on any atom is 0.259 e. The van der Waals surface area contributed by atoms with Crippen LogP contribution in [0.5, 0.6) is 5.75 Å². The molecule has 10 heteroatoms. The van der Waals surface area contributed by atoms with Crippen LogP contribution in [0.4, 0.5) is 0 Å². The second-order valence-electron chi connectivity index (χ2n) is 10.9. The highest BCUT2D eigenvalue weighted by Gasteiger charge is 2.29. The van der Waals surface area contributed by atoms with Crippen LogP contribution in [0.15, 0.2) is 76.7 Å². The zero-order valence-corrected chi connectivity index (χ0v) is 25.1. The van der Waals surface area contributed by atoms with Crippen molar-refractivity contribution in [3.63, 3.8) is 0 Å². The Morgan fingerprint density at radius 1 is 1.02 bits per heavy atom. The van der Waals surface area contributed by atoms with E-state index in [2.05, 4.69) is 40.8 Å². The van der Waals surface area contributed by atoms with E-state index in [-0.39, 0.29) is 5.56 Å². The van der Waals surface area contributed by atoms with Crippen molar-refractivity contribution in [1.29, 1.82) is 0 Å². The summed E-state index contributed by atoms with van der Waals surface area (Å²) in [5, 5.41) is 0.486. The zero-order chi connectivity index (χ0) is 29.2. The maximum atomic E-state index is 13.6. The number of aromatic amines is 1. The highest BCUT2D eigenvalue weighted by Crippen LogP contribution is 2.32. The molecule has 3 heterocycles. The highest BCUT2D eigenvalue weighted by molar-refractivity contribution is 7.89. The van der Waals surface area contributed by atoms with Crippen LogP contribution in [0.2, 0.25) is 0 Å². The van der Waals surface area contributed by atoms with E-state index in [0.29, 0.717) is 52.1 Å². The predicted octanol–water partition coefficient (Wildman–Crippen LogP) is 4.83. The minimum atomic E-state index is -1.34. The lowest BCUT2D eigenvalue weighted by atomic mass is 10.1. The number of fused-ring (bicyclic) bond motifs is 2. The van der Waals surface area contributed by atoms with Crippen molar-refractivity contribution in [1.82, 2.24) is 28.7 Å². The van der Waals surface area contributed by atoms with E-state index < -0.39 is 11.4 Å². The topological polar surface area (TPSA) is 102 Å². The molecule has 0 radical (unpaired) electrons. The summed E-state index contributed by atoms with van der Waals surface area (Å²) in [6, 6.07) is 19.8. The number of ether oxygens (including phenoxy) is 1. The normalized spacial score (nSPS) is 15.5. The Bertz CT molecular complexity index is 1740. The fourth-order valence-corrected chi connectivity index (χ4v) is 6.60. The molecule has 6 rings (SSSR count). The third kappa shape index (κ3) is 5.80. The van der Waals surface area contributed by atoms with Gasteiger partial charge in [-0.25, -0.2) is 9.97 Å². The first-order valence-electron chi connectivity index (χ1n) is 14.5. The van der Waals surface area contributed by atoms with Crippen molar-refractivity contribution in [2.45, 2.75) is 44.7 Å². The molecule has 0 spiro atoms. The van der Waals surface area contributed by atoms with Crippen molar-refractivity contribution >= 4 is 33.3 Å². The molecule has 42 heavy (non-hydrogen) atoms. The zero-order valence-electron chi connectivity index (χ0n) is 24.2. The van der Waals surface area contributed by atoms with Gasteiger partial charge in [0, 0.05) is 31.7 Å². The standard InChI is InChI=1S/C32H36N6O3S/c1-4-16-41-30-11-10-24(42(40)38-14-12-36(13-15-38)22(2)3)17-26(30)31-34-27-19-28-29(18-25(27)32(39)35-31)37(21-33-28)20-23-8-6-5-7-9-23/h5-11,17-19,21-22H,4,12-16,20H2,1-3H3,(H,34,35,39). The summed E-state index contributed by atoms with van der Waals surface area (Å²) in [7, 11) is 0. The molecule has 9 nitrogen and oxygen atoms in total. The van der Waals surface area contributed by atoms with Crippen LogP contribution >= 0.6 is 0 Å². The van der Waals surface area contributed by atoms with Gasteiger partial charge in [0.1, 0.15) is 11.6 Å². The number of piperazine rings is 1. The number of hydrogen-bond donors (Lipinski definition) is 1. The first-order valence-corrected chi connectivity index (χ1v) is 15.6. The Hall–Kier alpha value is -3.70. The molecular formula is C32H36N6O3S. The van der Waals surface area contributed by atoms with E-state index in [4.69, 9.17) is 9.72 Å². The Labute approximate surface area is 248 Å². The van der Waals surface area contributed by atoms with Crippen molar-refractivity contribution in [2.75, 3.05) is 32.8 Å². The summed E-state index contributed by atoms with van der Waals surface area (Å²) in [6.07, 6.45) is 2.63. The molecule has 2 aromatic heterocycles. The van der Waals surface area contributed by atoms with Gasteiger partial charge in [-0.15, -0.1) is 4.31 Å². The molecule has 1 unspecified atom stereocenters. The van der Waals surface area contributed by atoms with E-state index in [9.17, 15) is 9.35 Å². The lowest BCUT2D eigenvalue weighted by molar-refractivity contribution is 0.154. The van der Waals surface area contributed by atoms with E-state index in [1.165, 1.54) is 0 Å². The van der Waals surface area contributed by atoms with Crippen LogP contribution in [0.3, 0.4) is 0 Å². The average Bonchev–Trinajstić information content (AvgIpc) is 3.40. The number of hydrogen-bond acceptors (Lipinski definition) is 7. The second-order valence-corrected chi connectivity index (χ2v) is 12.4. The van der Waals surface area contributed by atoms with Crippen LogP contribution in [0.1, 0.15) is 32.8 Å². The number of H-pyrrole nitrogens is 1. The van der Waals surface area contributed by atoms with Crippen molar-refractivity contribution in [2.24, 2.45) is 0 Å². The summed E-state index contributed by atoms with van der Waals surface area (Å²) in [5.74, 6) is 0.975. The number of nitrogens with one attached hydrogen (secondary N) is 1. The predicted molar refractivity (Wildman–Crippen MR) is 167 cm³/mol. The molecule has 3 aromatic carbocycles. The fraction of sp³-hybridized carbons (Fsp3) is 0.344. The van der Waals surface area contributed by atoms with Crippen molar-refractivity contribution in [3.05, 3.63) is 82.9 Å². The lowest BCUT2D eigenvalue weighted by Crippen LogP contribution is -2.50. The van der Waals surface area contributed by atoms with Gasteiger partial charge in [0.2, 0.25) is 0 Å². The Balaban J connectivity index is 1.36. The second kappa shape index (κ2) is 12.3. The van der Waals surface area contributed by atoms with Gasteiger partial charge in [-0.3, -0.25) is 9.69 Å².